The van der Waals surface area contributed by atoms with Gasteiger partial charge in [-0.2, -0.15) is 20.2 Å². The Balaban J connectivity index is 1.95. The molecule has 0 radical (unpaired) electrons. The number of allylic oxidation sites excluding steroid dienone is 1. The lowest BCUT2D eigenvalue weighted by atomic mass is 10.2. The van der Waals surface area contributed by atoms with Crippen molar-refractivity contribution >= 4 is 40.6 Å². The van der Waals surface area contributed by atoms with Gasteiger partial charge in [0.2, 0.25) is 11.9 Å². The first-order chi connectivity index (χ1) is 11.2. The molecule has 0 aliphatic rings. The number of anilines is 3. The molecule has 0 unspecified atom stereocenters. The van der Waals surface area contributed by atoms with Crippen molar-refractivity contribution in [3.05, 3.63) is 58.5 Å². The number of thiophene rings is 1. The van der Waals surface area contributed by atoms with Crippen LogP contribution in [0.15, 0.2) is 47.8 Å². The Labute approximate surface area is 137 Å². The van der Waals surface area contributed by atoms with Crippen LogP contribution in [0.25, 0.3) is 11.6 Å². The zero-order chi connectivity index (χ0) is 16.1. The lowest BCUT2D eigenvalue weighted by Gasteiger charge is -2.06. The van der Waals surface area contributed by atoms with Gasteiger partial charge >= 0.3 is 0 Å². The van der Waals surface area contributed by atoms with E-state index in [1.165, 1.54) is 11.3 Å². The molecule has 112 valence electrons. The fourth-order valence-corrected chi connectivity index (χ4v) is 2.54. The molecule has 0 fully saturated rings. The monoisotopic (exact) mass is 320 g/mol. The van der Waals surface area contributed by atoms with Crippen LogP contribution >= 0.6 is 11.3 Å². The van der Waals surface area contributed by atoms with Crippen molar-refractivity contribution in [3.63, 3.8) is 0 Å². The number of nitriles is 1. The van der Waals surface area contributed by atoms with E-state index in [1.807, 2.05) is 47.8 Å². The molecule has 7 heteroatoms. The number of rotatable bonds is 4. The van der Waals surface area contributed by atoms with E-state index >= 15 is 0 Å². The highest BCUT2D eigenvalue weighted by atomic mass is 32.1. The van der Waals surface area contributed by atoms with Gasteiger partial charge in [0, 0.05) is 10.6 Å². The first kappa shape index (κ1) is 14.7. The Bertz CT molecular complexity index is 865. The zero-order valence-corrected chi connectivity index (χ0v) is 12.8. The number of nitrogens with two attached hydrogens (primary N) is 1. The van der Waals surface area contributed by atoms with Crippen LogP contribution in [0, 0.1) is 11.3 Å². The quantitative estimate of drug-likeness (QED) is 0.715. The molecule has 0 amide bonds. The molecule has 2 heterocycles. The fourth-order valence-electron chi connectivity index (χ4n) is 1.88. The van der Waals surface area contributed by atoms with Crippen molar-refractivity contribution in [1.29, 1.82) is 5.26 Å². The Morgan fingerprint density at radius 1 is 1.13 bits per heavy atom. The van der Waals surface area contributed by atoms with Crippen molar-refractivity contribution in [2.24, 2.45) is 0 Å². The van der Waals surface area contributed by atoms with Crippen molar-refractivity contribution in [3.8, 4) is 6.07 Å². The number of para-hydroxylation sites is 1. The van der Waals surface area contributed by atoms with Gasteiger partial charge in [-0.25, -0.2) is 0 Å². The summed E-state index contributed by atoms with van der Waals surface area (Å²) in [5.74, 6) is 0.596. The Morgan fingerprint density at radius 3 is 2.65 bits per heavy atom. The maximum absolute atomic E-state index is 9.37. The summed E-state index contributed by atoms with van der Waals surface area (Å²) in [6.45, 7) is 0. The van der Waals surface area contributed by atoms with Gasteiger partial charge in [0.05, 0.1) is 5.57 Å². The number of aromatic nitrogens is 3. The third-order valence-corrected chi connectivity index (χ3v) is 3.69. The van der Waals surface area contributed by atoms with Gasteiger partial charge in [0.15, 0.2) is 5.82 Å². The second-order valence-electron chi connectivity index (χ2n) is 4.52. The average molecular weight is 320 g/mol. The standard InChI is InChI=1S/C16H12N6S/c17-10-11(9-13-7-4-8-23-13)14-20-15(18)22-16(21-14)19-12-5-2-1-3-6-12/h1-9H,(H3,18,19,20,21,22). The van der Waals surface area contributed by atoms with Crippen LogP contribution in [0.4, 0.5) is 17.6 Å². The predicted octanol–water partition coefficient (Wildman–Crippen LogP) is 3.32. The van der Waals surface area contributed by atoms with Gasteiger partial charge in [-0.3, -0.25) is 0 Å². The SMILES string of the molecule is N#CC(=Cc1cccs1)c1nc(N)nc(Nc2ccccc2)n1. The highest BCUT2D eigenvalue weighted by Crippen LogP contribution is 2.20. The van der Waals surface area contributed by atoms with E-state index in [0.29, 0.717) is 11.5 Å². The molecule has 0 saturated heterocycles. The van der Waals surface area contributed by atoms with E-state index in [-0.39, 0.29) is 11.8 Å². The average Bonchev–Trinajstić information content (AvgIpc) is 3.06. The molecule has 0 aliphatic heterocycles. The van der Waals surface area contributed by atoms with E-state index < -0.39 is 0 Å². The predicted molar refractivity (Wildman–Crippen MR) is 91.8 cm³/mol. The number of hydrogen-bond donors (Lipinski definition) is 2. The smallest absolute Gasteiger partial charge is 0.232 e. The first-order valence-corrected chi connectivity index (χ1v) is 7.62. The minimum Gasteiger partial charge on any atom is -0.368 e. The molecule has 3 aromatic rings. The van der Waals surface area contributed by atoms with Crippen molar-refractivity contribution < 1.29 is 0 Å². The molecule has 3 N–H and O–H groups in total. The summed E-state index contributed by atoms with van der Waals surface area (Å²) in [4.78, 5) is 13.3. The normalized spacial score (nSPS) is 11.0. The number of nitrogens with one attached hydrogen (secondary N) is 1. The Kier molecular flexibility index (Phi) is 4.27. The largest absolute Gasteiger partial charge is 0.368 e. The van der Waals surface area contributed by atoms with Crippen molar-refractivity contribution in [2.75, 3.05) is 11.1 Å². The minimum atomic E-state index is 0.0563. The molecular weight excluding hydrogens is 308 g/mol. The zero-order valence-electron chi connectivity index (χ0n) is 12.0. The first-order valence-electron chi connectivity index (χ1n) is 6.74. The van der Waals surface area contributed by atoms with E-state index in [2.05, 4.69) is 26.3 Å². The summed E-state index contributed by atoms with van der Waals surface area (Å²) in [5, 5.41) is 14.4. The fraction of sp³-hybridized carbons (Fsp3) is 0. The lowest BCUT2D eigenvalue weighted by Crippen LogP contribution is -2.06. The number of nitrogen functional groups attached to an aromatic ring is 1. The highest BCUT2D eigenvalue weighted by molar-refractivity contribution is 7.10. The second-order valence-corrected chi connectivity index (χ2v) is 5.50. The lowest BCUT2D eigenvalue weighted by molar-refractivity contribution is 1.04. The van der Waals surface area contributed by atoms with Crippen LogP contribution < -0.4 is 11.1 Å². The Morgan fingerprint density at radius 2 is 1.96 bits per heavy atom. The van der Waals surface area contributed by atoms with Crippen LogP contribution in [-0.4, -0.2) is 15.0 Å². The highest BCUT2D eigenvalue weighted by Gasteiger charge is 2.10. The molecule has 1 aromatic carbocycles. The van der Waals surface area contributed by atoms with Crippen LogP contribution in [0.5, 0.6) is 0 Å². The summed E-state index contributed by atoms with van der Waals surface area (Å²) in [6, 6.07) is 15.4. The van der Waals surface area contributed by atoms with Gasteiger partial charge in [0.1, 0.15) is 6.07 Å². The van der Waals surface area contributed by atoms with Crippen molar-refractivity contribution in [2.45, 2.75) is 0 Å². The van der Waals surface area contributed by atoms with Crippen LogP contribution in [-0.2, 0) is 0 Å². The summed E-state index contributed by atoms with van der Waals surface area (Å²) in [6.07, 6.45) is 1.73. The van der Waals surface area contributed by atoms with E-state index in [0.717, 1.165) is 10.6 Å². The van der Waals surface area contributed by atoms with E-state index in [1.54, 1.807) is 6.08 Å². The summed E-state index contributed by atoms with van der Waals surface area (Å²) in [7, 11) is 0. The van der Waals surface area contributed by atoms with Gasteiger partial charge < -0.3 is 11.1 Å². The third-order valence-electron chi connectivity index (χ3n) is 2.87. The van der Waals surface area contributed by atoms with Gasteiger partial charge in [-0.1, -0.05) is 24.3 Å². The molecule has 3 rings (SSSR count). The number of benzene rings is 1. The number of nitrogens with zero attached hydrogens (tertiary/aromatic N) is 4. The van der Waals surface area contributed by atoms with Gasteiger partial charge in [-0.05, 0) is 29.7 Å². The Hall–Kier alpha value is -3.24. The maximum Gasteiger partial charge on any atom is 0.232 e. The van der Waals surface area contributed by atoms with Crippen LogP contribution in [0.1, 0.15) is 10.7 Å². The maximum atomic E-state index is 9.37. The van der Waals surface area contributed by atoms with Gasteiger partial charge in [0.25, 0.3) is 0 Å². The van der Waals surface area contributed by atoms with Gasteiger partial charge in [-0.15, -0.1) is 11.3 Å². The molecule has 0 saturated carbocycles. The summed E-state index contributed by atoms with van der Waals surface area (Å²) < 4.78 is 0. The second kappa shape index (κ2) is 6.68. The molecular formula is C16H12N6S. The van der Waals surface area contributed by atoms with E-state index in [9.17, 15) is 5.26 Å². The molecule has 0 aliphatic carbocycles. The van der Waals surface area contributed by atoms with E-state index in [4.69, 9.17) is 5.73 Å². The molecule has 0 bridgehead atoms. The third kappa shape index (κ3) is 3.70. The molecule has 0 spiro atoms. The molecule has 2 aromatic heterocycles. The number of hydrogen-bond acceptors (Lipinski definition) is 7. The van der Waals surface area contributed by atoms with Crippen molar-refractivity contribution in [1.82, 2.24) is 15.0 Å². The van der Waals surface area contributed by atoms with Crippen LogP contribution in [0.2, 0.25) is 0 Å². The molecule has 0 atom stereocenters. The van der Waals surface area contributed by atoms with Crippen LogP contribution in [0.3, 0.4) is 0 Å². The summed E-state index contributed by atoms with van der Waals surface area (Å²) >= 11 is 1.53. The molecule has 23 heavy (non-hydrogen) atoms. The molecule has 6 nitrogen and oxygen atoms in total. The minimum absolute atomic E-state index is 0.0563. The summed E-state index contributed by atoms with van der Waals surface area (Å²) in [5.41, 5.74) is 6.90. The topological polar surface area (TPSA) is 101 Å².